The van der Waals surface area contributed by atoms with Crippen LogP contribution in [0.3, 0.4) is 0 Å². The molecule has 0 aromatic rings. The van der Waals surface area contributed by atoms with Crippen LogP contribution in [-0.2, 0) is 4.79 Å². The topological polar surface area (TPSA) is 37.3 Å². The highest BCUT2D eigenvalue weighted by molar-refractivity contribution is 5.85. The van der Waals surface area contributed by atoms with Gasteiger partial charge in [-0.25, -0.2) is 0 Å². The highest BCUT2D eigenvalue weighted by Gasteiger charge is 2.00. The molecule has 0 spiro atoms. The lowest BCUT2D eigenvalue weighted by Gasteiger charge is -2.05. The van der Waals surface area contributed by atoms with Gasteiger partial charge in [-0.3, -0.25) is 4.79 Å². The largest absolute Gasteiger partial charge is 0.481 e. The Hall–Kier alpha value is -0.240. The molecule has 2 nitrogen and oxygen atoms in total. The van der Waals surface area contributed by atoms with Gasteiger partial charge >= 0.3 is 5.97 Å². The second-order valence-corrected chi connectivity index (χ2v) is 3.15. The van der Waals surface area contributed by atoms with Gasteiger partial charge in [-0.05, 0) is 12.3 Å². The SMILES string of the molecule is CCC(C)CCCCC(=O)O.Cl. The average molecular weight is 195 g/mol. The molecule has 74 valence electrons. The molecule has 0 aliphatic heterocycles. The molecule has 0 saturated heterocycles. The molecular weight excluding hydrogens is 176 g/mol. The number of halogens is 1. The van der Waals surface area contributed by atoms with Gasteiger partial charge < -0.3 is 5.11 Å². The first kappa shape index (κ1) is 14.3. The molecule has 1 N–H and O–H groups in total. The summed E-state index contributed by atoms with van der Waals surface area (Å²) < 4.78 is 0. The number of hydrogen-bond donors (Lipinski definition) is 1. The van der Waals surface area contributed by atoms with Gasteiger partial charge in [-0.15, -0.1) is 12.4 Å². The van der Waals surface area contributed by atoms with E-state index < -0.39 is 5.97 Å². The molecule has 0 amide bonds. The standard InChI is InChI=1S/C9H18O2.ClH/c1-3-8(2)6-4-5-7-9(10)11;/h8H,3-7H2,1-2H3,(H,10,11);1H. The van der Waals surface area contributed by atoms with Crippen LogP contribution in [0, 0.1) is 5.92 Å². The Labute approximate surface area is 80.8 Å². The van der Waals surface area contributed by atoms with Crippen LogP contribution >= 0.6 is 12.4 Å². The zero-order valence-corrected chi connectivity index (χ0v) is 8.69. The van der Waals surface area contributed by atoms with E-state index >= 15 is 0 Å². The van der Waals surface area contributed by atoms with E-state index in [1.165, 1.54) is 12.8 Å². The number of hydrogen-bond acceptors (Lipinski definition) is 1. The summed E-state index contributed by atoms with van der Waals surface area (Å²) in [5.74, 6) is 0.0814. The Morgan fingerprint density at radius 1 is 1.42 bits per heavy atom. The summed E-state index contributed by atoms with van der Waals surface area (Å²) in [5.41, 5.74) is 0. The van der Waals surface area contributed by atoms with E-state index in [2.05, 4.69) is 13.8 Å². The van der Waals surface area contributed by atoms with Crippen LogP contribution in [0.4, 0.5) is 0 Å². The van der Waals surface area contributed by atoms with Crippen LogP contribution < -0.4 is 0 Å². The first-order chi connectivity index (χ1) is 5.16. The summed E-state index contributed by atoms with van der Waals surface area (Å²) in [6.45, 7) is 4.38. The van der Waals surface area contributed by atoms with Gasteiger partial charge in [0.15, 0.2) is 0 Å². The summed E-state index contributed by atoms with van der Waals surface area (Å²) in [4.78, 5) is 10.1. The lowest BCUT2D eigenvalue weighted by molar-refractivity contribution is -0.137. The quantitative estimate of drug-likeness (QED) is 0.660. The first-order valence-corrected chi connectivity index (χ1v) is 4.38. The second kappa shape index (κ2) is 8.85. The van der Waals surface area contributed by atoms with Crippen molar-refractivity contribution in [2.75, 3.05) is 0 Å². The van der Waals surface area contributed by atoms with Crippen molar-refractivity contribution < 1.29 is 9.90 Å². The molecule has 0 aromatic heterocycles. The fraction of sp³-hybridized carbons (Fsp3) is 0.889. The smallest absolute Gasteiger partial charge is 0.303 e. The van der Waals surface area contributed by atoms with E-state index in [1.54, 1.807) is 0 Å². The molecule has 0 fully saturated rings. The van der Waals surface area contributed by atoms with Crippen LogP contribution in [0.15, 0.2) is 0 Å². The molecule has 0 aliphatic rings. The van der Waals surface area contributed by atoms with Crippen LogP contribution in [0.5, 0.6) is 0 Å². The van der Waals surface area contributed by atoms with Crippen molar-refractivity contribution in [2.24, 2.45) is 5.92 Å². The van der Waals surface area contributed by atoms with Crippen LogP contribution in [0.1, 0.15) is 46.0 Å². The summed E-state index contributed by atoms with van der Waals surface area (Å²) in [6, 6.07) is 0. The molecule has 0 aliphatic carbocycles. The second-order valence-electron chi connectivity index (χ2n) is 3.15. The van der Waals surface area contributed by atoms with Crippen molar-refractivity contribution in [3.8, 4) is 0 Å². The average Bonchev–Trinajstić information content (AvgIpc) is 1.97. The Morgan fingerprint density at radius 2 is 2.00 bits per heavy atom. The van der Waals surface area contributed by atoms with Crippen LogP contribution in [0.25, 0.3) is 0 Å². The third-order valence-electron chi connectivity index (χ3n) is 2.03. The zero-order chi connectivity index (χ0) is 8.69. The number of aliphatic carboxylic acids is 1. The van der Waals surface area contributed by atoms with E-state index in [4.69, 9.17) is 5.11 Å². The van der Waals surface area contributed by atoms with Crippen molar-refractivity contribution in [1.29, 1.82) is 0 Å². The lowest BCUT2D eigenvalue weighted by Crippen LogP contribution is -1.96. The minimum absolute atomic E-state index is 0. The number of rotatable bonds is 6. The van der Waals surface area contributed by atoms with Gasteiger partial charge in [0.25, 0.3) is 0 Å². The van der Waals surface area contributed by atoms with E-state index in [9.17, 15) is 4.79 Å². The summed E-state index contributed by atoms with van der Waals surface area (Å²) >= 11 is 0. The summed E-state index contributed by atoms with van der Waals surface area (Å²) in [7, 11) is 0. The highest BCUT2D eigenvalue weighted by atomic mass is 35.5. The number of unbranched alkanes of at least 4 members (excludes halogenated alkanes) is 1. The van der Waals surface area contributed by atoms with E-state index in [-0.39, 0.29) is 12.4 Å². The maximum Gasteiger partial charge on any atom is 0.303 e. The Bertz CT molecular complexity index is 115. The number of carbonyl (C=O) groups is 1. The molecule has 0 saturated carbocycles. The minimum Gasteiger partial charge on any atom is -0.481 e. The predicted molar refractivity (Wildman–Crippen MR) is 52.8 cm³/mol. The molecule has 0 aromatic carbocycles. The van der Waals surface area contributed by atoms with Gasteiger partial charge in [0.1, 0.15) is 0 Å². The highest BCUT2D eigenvalue weighted by Crippen LogP contribution is 2.11. The molecule has 1 unspecified atom stereocenters. The first-order valence-electron chi connectivity index (χ1n) is 4.38. The molecule has 3 heteroatoms. The molecular formula is C9H19ClO2. The molecule has 0 radical (unpaired) electrons. The van der Waals surface area contributed by atoms with Crippen molar-refractivity contribution in [1.82, 2.24) is 0 Å². The third-order valence-corrected chi connectivity index (χ3v) is 2.03. The van der Waals surface area contributed by atoms with Crippen molar-refractivity contribution in [3.63, 3.8) is 0 Å². The van der Waals surface area contributed by atoms with Gasteiger partial charge in [0.05, 0.1) is 0 Å². The number of carboxylic acid groups (broad SMARTS) is 1. The molecule has 0 heterocycles. The summed E-state index contributed by atoms with van der Waals surface area (Å²) in [5, 5.41) is 8.34. The molecule has 0 rings (SSSR count). The van der Waals surface area contributed by atoms with Crippen molar-refractivity contribution >= 4 is 18.4 Å². The minimum atomic E-state index is -0.672. The van der Waals surface area contributed by atoms with Crippen LogP contribution in [0.2, 0.25) is 0 Å². The fourth-order valence-corrected chi connectivity index (χ4v) is 0.973. The van der Waals surface area contributed by atoms with Crippen molar-refractivity contribution in [2.45, 2.75) is 46.0 Å². The predicted octanol–water partition coefficient (Wildman–Crippen LogP) is 3.10. The summed E-state index contributed by atoms with van der Waals surface area (Å²) in [6.07, 6.45) is 4.59. The third kappa shape index (κ3) is 9.76. The van der Waals surface area contributed by atoms with Gasteiger partial charge in [0.2, 0.25) is 0 Å². The Morgan fingerprint density at radius 3 is 2.42 bits per heavy atom. The number of carboxylic acids is 1. The van der Waals surface area contributed by atoms with E-state index in [1.807, 2.05) is 0 Å². The molecule has 12 heavy (non-hydrogen) atoms. The Balaban J connectivity index is 0. The molecule has 0 bridgehead atoms. The van der Waals surface area contributed by atoms with E-state index in [0.717, 1.165) is 18.8 Å². The molecule has 1 atom stereocenters. The van der Waals surface area contributed by atoms with Gasteiger partial charge in [-0.2, -0.15) is 0 Å². The fourth-order valence-electron chi connectivity index (χ4n) is 0.973. The van der Waals surface area contributed by atoms with Crippen molar-refractivity contribution in [3.05, 3.63) is 0 Å². The van der Waals surface area contributed by atoms with Crippen LogP contribution in [-0.4, -0.2) is 11.1 Å². The maximum absolute atomic E-state index is 10.1. The van der Waals surface area contributed by atoms with E-state index in [0.29, 0.717) is 6.42 Å². The monoisotopic (exact) mass is 194 g/mol. The van der Waals surface area contributed by atoms with Gasteiger partial charge in [-0.1, -0.05) is 33.1 Å². The zero-order valence-electron chi connectivity index (χ0n) is 7.88. The Kier molecular flexibility index (Phi) is 10.5. The maximum atomic E-state index is 10.1. The lowest BCUT2D eigenvalue weighted by atomic mass is 10.0. The normalized spacial score (nSPS) is 11.8. The van der Waals surface area contributed by atoms with Gasteiger partial charge in [0, 0.05) is 6.42 Å².